The van der Waals surface area contributed by atoms with E-state index in [4.69, 9.17) is 5.73 Å². The lowest BCUT2D eigenvalue weighted by molar-refractivity contribution is -0.274. The SMILES string of the molecule is CC(C)(C)C(=O)NCCCNC(=O)c1cn(Cc2ccc(OC(F)(F)F)cc2)c(=O)c2c1SC[C@@H]2N. The third-order valence-electron chi connectivity index (χ3n) is 5.40. The number of pyridine rings is 1. The number of halogens is 3. The first-order valence-corrected chi connectivity index (χ1v) is 12.3. The highest BCUT2D eigenvalue weighted by Crippen LogP contribution is 2.37. The lowest BCUT2D eigenvalue weighted by Crippen LogP contribution is -2.37. The van der Waals surface area contributed by atoms with Gasteiger partial charge in [0.15, 0.2) is 0 Å². The fraction of sp³-hybridized carbons (Fsp3) is 0.458. The lowest BCUT2D eigenvalue weighted by atomic mass is 9.96. The molecule has 1 aliphatic heterocycles. The summed E-state index contributed by atoms with van der Waals surface area (Å²) in [5, 5.41) is 5.63. The van der Waals surface area contributed by atoms with Crippen LogP contribution in [0.2, 0.25) is 0 Å². The number of aromatic nitrogens is 1. The maximum absolute atomic E-state index is 13.1. The predicted molar refractivity (Wildman–Crippen MR) is 130 cm³/mol. The van der Waals surface area contributed by atoms with Gasteiger partial charge in [-0.2, -0.15) is 0 Å². The second-order valence-electron chi connectivity index (χ2n) is 9.44. The molecule has 2 heterocycles. The zero-order chi connectivity index (χ0) is 26.7. The zero-order valence-corrected chi connectivity index (χ0v) is 21.0. The van der Waals surface area contributed by atoms with E-state index in [1.807, 2.05) is 20.8 Å². The van der Waals surface area contributed by atoms with Crippen LogP contribution in [0, 0.1) is 5.41 Å². The maximum Gasteiger partial charge on any atom is 0.573 e. The quantitative estimate of drug-likeness (QED) is 0.455. The molecule has 1 aliphatic rings. The first kappa shape index (κ1) is 27.6. The Balaban J connectivity index is 1.73. The van der Waals surface area contributed by atoms with Gasteiger partial charge in [-0.1, -0.05) is 32.9 Å². The van der Waals surface area contributed by atoms with Gasteiger partial charge in [0.25, 0.3) is 11.5 Å². The van der Waals surface area contributed by atoms with Gasteiger partial charge >= 0.3 is 6.36 Å². The maximum atomic E-state index is 13.1. The molecule has 2 aromatic rings. The van der Waals surface area contributed by atoms with Crippen LogP contribution in [-0.2, 0) is 11.3 Å². The van der Waals surface area contributed by atoms with E-state index in [2.05, 4.69) is 15.4 Å². The molecule has 1 atom stereocenters. The summed E-state index contributed by atoms with van der Waals surface area (Å²) in [5.74, 6) is -0.374. The number of ether oxygens (including phenoxy) is 1. The highest BCUT2D eigenvalue weighted by Gasteiger charge is 2.31. The van der Waals surface area contributed by atoms with Crippen molar-refractivity contribution in [2.75, 3.05) is 18.8 Å². The van der Waals surface area contributed by atoms with Gasteiger partial charge in [0.2, 0.25) is 5.91 Å². The fourth-order valence-electron chi connectivity index (χ4n) is 3.53. The second kappa shape index (κ2) is 11.0. The number of rotatable bonds is 8. The number of nitrogens with one attached hydrogen (secondary N) is 2. The summed E-state index contributed by atoms with van der Waals surface area (Å²) in [6.45, 7) is 6.19. The molecule has 0 bridgehead atoms. The average molecular weight is 527 g/mol. The first-order chi connectivity index (χ1) is 16.8. The molecule has 0 aliphatic carbocycles. The number of fused-ring (bicyclic) bond motifs is 1. The third kappa shape index (κ3) is 7.03. The van der Waals surface area contributed by atoms with Crippen LogP contribution in [0.15, 0.2) is 40.2 Å². The van der Waals surface area contributed by atoms with Crippen molar-refractivity contribution in [1.29, 1.82) is 0 Å². The molecule has 12 heteroatoms. The standard InChI is InChI=1S/C24H29F3N4O4S/c1-23(2,3)22(34)30-10-4-9-29-20(32)16-12-31(21(33)18-17(28)13-36-19(16)18)11-14-5-7-15(8-6-14)35-24(25,26)27/h5-8,12,17H,4,9-11,13,28H2,1-3H3,(H,29,32)(H,30,34)/t17-/m0/s1. The van der Waals surface area contributed by atoms with Gasteiger partial charge in [0, 0.05) is 47.0 Å². The van der Waals surface area contributed by atoms with E-state index in [0.29, 0.717) is 46.8 Å². The van der Waals surface area contributed by atoms with Crippen molar-refractivity contribution in [2.24, 2.45) is 11.1 Å². The molecule has 0 saturated carbocycles. The lowest BCUT2D eigenvalue weighted by Gasteiger charge is -2.17. The van der Waals surface area contributed by atoms with Crippen molar-refractivity contribution in [2.45, 2.75) is 51.0 Å². The Kier molecular flexibility index (Phi) is 8.40. The van der Waals surface area contributed by atoms with E-state index in [1.54, 1.807) is 0 Å². The smallest absolute Gasteiger partial charge is 0.406 e. The molecule has 196 valence electrons. The second-order valence-corrected chi connectivity index (χ2v) is 10.5. The number of amides is 2. The van der Waals surface area contributed by atoms with Gasteiger partial charge in [-0.3, -0.25) is 14.4 Å². The monoisotopic (exact) mass is 526 g/mol. The van der Waals surface area contributed by atoms with E-state index in [9.17, 15) is 27.6 Å². The van der Waals surface area contributed by atoms with Gasteiger partial charge in [0.1, 0.15) is 5.75 Å². The molecule has 0 fully saturated rings. The Morgan fingerprint density at radius 2 is 1.78 bits per heavy atom. The van der Waals surface area contributed by atoms with Gasteiger partial charge in [0.05, 0.1) is 12.1 Å². The van der Waals surface area contributed by atoms with E-state index in [1.165, 1.54) is 34.7 Å². The summed E-state index contributed by atoms with van der Waals surface area (Å²) in [4.78, 5) is 38.5. The normalized spacial score (nSPS) is 15.4. The van der Waals surface area contributed by atoms with Crippen molar-refractivity contribution in [3.05, 3.63) is 57.5 Å². The van der Waals surface area contributed by atoms with Crippen molar-refractivity contribution >= 4 is 23.6 Å². The summed E-state index contributed by atoms with van der Waals surface area (Å²) in [7, 11) is 0. The Morgan fingerprint density at radius 3 is 2.39 bits per heavy atom. The zero-order valence-electron chi connectivity index (χ0n) is 20.2. The average Bonchev–Trinajstić information content (AvgIpc) is 3.16. The van der Waals surface area contributed by atoms with Crippen molar-refractivity contribution < 1.29 is 27.5 Å². The molecule has 0 saturated heterocycles. The number of hydrogen-bond donors (Lipinski definition) is 3. The van der Waals surface area contributed by atoms with Crippen LogP contribution in [0.25, 0.3) is 0 Å². The summed E-state index contributed by atoms with van der Waals surface area (Å²) in [5.41, 5.74) is 6.48. The van der Waals surface area contributed by atoms with E-state index in [-0.39, 0.29) is 29.7 Å². The molecule has 36 heavy (non-hydrogen) atoms. The molecule has 0 radical (unpaired) electrons. The molecule has 4 N–H and O–H groups in total. The topological polar surface area (TPSA) is 115 Å². The minimum Gasteiger partial charge on any atom is -0.406 e. The molecule has 2 amide bonds. The van der Waals surface area contributed by atoms with Gasteiger partial charge < -0.3 is 25.7 Å². The van der Waals surface area contributed by atoms with Crippen LogP contribution in [-0.4, -0.2) is 41.6 Å². The summed E-state index contributed by atoms with van der Waals surface area (Å²) >= 11 is 1.34. The molecular weight excluding hydrogens is 497 g/mol. The number of nitrogens with zero attached hydrogens (tertiary/aromatic N) is 1. The fourth-order valence-corrected chi connectivity index (χ4v) is 4.74. The third-order valence-corrected chi connectivity index (χ3v) is 6.66. The predicted octanol–water partition coefficient (Wildman–Crippen LogP) is 3.18. The number of benzene rings is 1. The largest absolute Gasteiger partial charge is 0.573 e. The van der Waals surface area contributed by atoms with Gasteiger partial charge in [-0.25, -0.2) is 0 Å². The van der Waals surface area contributed by atoms with Crippen molar-refractivity contribution in [3.8, 4) is 5.75 Å². The Hall–Kier alpha value is -2.99. The molecule has 1 aromatic heterocycles. The summed E-state index contributed by atoms with van der Waals surface area (Å²) in [6.07, 6.45) is -2.83. The molecule has 1 aromatic carbocycles. The molecule has 0 spiro atoms. The first-order valence-electron chi connectivity index (χ1n) is 11.3. The molecule has 8 nitrogen and oxygen atoms in total. The van der Waals surface area contributed by atoms with Crippen molar-refractivity contribution in [1.82, 2.24) is 15.2 Å². The van der Waals surface area contributed by atoms with Gasteiger partial charge in [-0.05, 0) is 24.1 Å². The van der Waals surface area contributed by atoms with Crippen LogP contribution in [0.3, 0.4) is 0 Å². The van der Waals surface area contributed by atoms with Crippen LogP contribution in [0.4, 0.5) is 13.2 Å². The molecule has 0 unspecified atom stereocenters. The van der Waals surface area contributed by atoms with Crippen LogP contribution >= 0.6 is 11.8 Å². The van der Waals surface area contributed by atoms with Crippen LogP contribution < -0.4 is 26.7 Å². The highest BCUT2D eigenvalue weighted by atomic mass is 32.2. The van der Waals surface area contributed by atoms with Gasteiger partial charge in [-0.15, -0.1) is 24.9 Å². The Labute approximate surface area is 210 Å². The molecular formula is C24H29F3N4O4S. The van der Waals surface area contributed by atoms with E-state index >= 15 is 0 Å². The minimum atomic E-state index is -4.80. The Bertz CT molecular complexity index is 1170. The summed E-state index contributed by atoms with van der Waals surface area (Å²) < 4.78 is 42.4. The van der Waals surface area contributed by atoms with Crippen molar-refractivity contribution in [3.63, 3.8) is 0 Å². The van der Waals surface area contributed by atoms with E-state index < -0.39 is 17.8 Å². The number of thioether (sulfide) groups is 1. The summed E-state index contributed by atoms with van der Waals surface area (Å²) in [6, 6.07) is 4.62. The number of carbonyl (C=O) groups is 2. The highest BCUT2D eigenvalue weighted by molar-refractivity contribution is 7.99. The van der Waals surface area contributed by atoms with E-state index in [0.717, 1.165) is 12.1 Å². The number of carbonyl (C=O) groups excluding carboxylic acids is 2. The molecule has 3 rings (SSSR count). The minimum absolute atomic E-state index is 0.0366. The number of alkyl halides is 3. The van der Waals surface area contributed by atoms with Crippen LogP contribution in [0.5, 0.6) is 5.75 Å². The number of hydrogen-bond acceptors (Lipinski definition) is 6. The van der Waals surface area contributed by atoms with Crippen LogP contribution in [0.1, 0.15) is 54.7 Å². The number of nitrogens with two attached hydrogens (primary N) is 1. The Morgan fingerprint density at radius 1 is 1.14 bits per heavy atom.